The van der Waals surface area contributed by atoms with E-state index >= 15 is 0 Å². The number of nitrogens with one attached hydrogen (secondary N) is 1. The maximum Gasteiger partial charge on any atom is 0.263 e. The van der Waals surface area contributed by atoms with E-state index in [0.29, 0.717) is 6.54 Å². The van der Waals surface area contributed by atoms with E-state index in [9.17, 15) is 8.78 Å². The van der Waals surface area contributed by atoms with Gasteiger partial charge in [-0.3, -0.25) is 0 Å². The molecule has 1 unspecified atom stereocenters. The highest BCUT2D eigenvalue weighted by atomic mass is 32.1. The van der Waals surface area contributed by atoms with Crippen molar-refractivity contribution >= 4 is 11.3 Å². The lowest BCUT2D eigenvalue weighted by Crippen LogP contribution is -2.17. The van der Waals surface area contributed by atoms with Crippen LogP contribution in [0.1, 0.15) is 35.4 Å². The summed E-state index contributed by atoms with van der Waals surface area (Å²) >= 11 is 1.69. The van der Waals surface area contributed by atoms with Gasteiger partial charge in [-0.2, -0.15) is 0 Å². The first kappa shape index (κ1) is 13.2. The van der Waals surface area contributed by atoms with Gasteiger partial charge >= 0.3 is 0 Å². The highest BCUT2D eigenvalue weighted by molar-refractivity contribution is 7.10. The molecule has 0 spiro atoms. The van der Waals surface area contributed by atoms with Gasteiger partial charge in [0.2, 0.25) is 0 Å². The standard InChI is InChI=1S/C14H15F2NS/c1-10(13-6-3-7-18-13)17-9-11-4-2-5-12(8-11)14(15)16/h2-8,10,14,17H,9H2,1H3. The molecule has 0 bridgehead atoms. The van der Waals surface area contributed by atoms with Crippen LogP contribution in [-0.4, -0.2) is 0 Å². The maximum atomic E-state index is 12.6. The summed E-state index contributed by atoms with van der Waals surface area (Å²) in [5.41, 5.74) is 0.967. The predicted octanol–water partition coefficient (Wildman–Crippen LogP) is 4.54. The quantitative estimate of drug-likeness (QED) is 0.838. The Bertz CT molecular complexity index is 482. The molecule has 18 heavy (non-hydrogen) atoms. The molecule has 1 N–H and O–H groups in total. The Kier molecular flexibility index (Phi) is 4.44. The van der Waals surface area contributed by atoms with Gasteiger partial charge in [-0.15, -0.1) is 11.3 Å². The topological polar surface area (TPSA) is 12.0 Å². The number of thiophene rings is 1. The second-order valence-electron chi connectivity index (χ2n) is 4.16. The average molecular weight is 267 g/mol. The lowest BCUT2D eigenvalue weighted by atomic mass is 10.1. The van der Waals surface area contributed by atoms with Gasteiger partial charge in [0.15, 0.2) is 0 Å². The molecule has 0 radical (unpaired) electrons. The summed E-state index contributed by atoms with van der Waals surface area (Å²) in [4.78, 5) is 1.25. The van der Waals surface area contributed by atoms with E-state index in [1.165, 1.54) is 10.9 Å². The molecule has 0 saturated carbocycles. The SMILES string of the molecule is CC(NCc1cccc(C(F)F)c1)c1cccs1. The van der Waals surface area contributed by atoms with Crippen molar-refractivity contribution < 1.29 is 8.78 Å². The van der Waals surface area contributed by atoms with Crippen molar-refractivity contribution in [1.82, 2.24) is 5.32 Å². The van der Waals surface area contributed by atoms with Crippen LogP contribution in [0.4, 0.5) is 8.78 Å². The van der Waals surface area contributed by atoms with Crippen LogP contribution < -0.4 is 5.32 Å². The average Bonchev–Trinajstić information content (AvgIpc) is 2.90. The number of hydrogen-bond acceptors (Lipinski definition) is 2. The molecule has 2 rings (SSSR count). The maximum absolute atomic E-state index is 12.6. The Morgan fingerprint density at radius 3 is 2.72 bits per heavy atom. The summed E-state index contributed by atoms with van der Waals surface area (Å²) < 4.78 is 25.1. The van der Waals surface area contributed by atoms with E-state index in [-0.39, 0.29) is 11.6 Å². The lowest BCUT2D eigenvalue weighted by molar-refractivity contribution is 0.151. The second-order valence-corrected chi connectivity index (χ2v) is 5.14. The minimum absolute atomic E-state index is 0.0816. The third-order valence-electron chi connectivity index (χ3n) is 2.79. The molecule has 1 aromatic carbocycles. The molecule has 1 nitrogen and oxygen atoms in total. The Balaban J connectivity index is 1.96. The van der Waals surface area contributed by atoms with Crippen molar-refractivity contribution in [3.8, 4) is 0 Å². The lowest BCUT2D eigenvalue weighted by Gasteiger charge is -2.12. The highest BCUT2D eigenvalue weighted by Gasteiger charge is 2.08. The second kappa shape index (κ2) is 6.07. The first-order valence-electron chi connectivity index (χ1n) is 5.80. The van der Waals surface area contributed by atoms with Crippen LogP contribution in [0, 0.1) is 0 Å². The van der Waals surface area contributed by atoms with Gasteiger partial charge in [0.25, 0.3) is 6.43 Å². The van der Waals surface area contributed by atoms with Crippen molar-refractivity contribution in [2.24, 2.45) is 0 Å². The van der Waals surface area contributed by atoms with Gasteiger partial charge in [0, 0.05) is 23.0 Å². The number of alkyl halides is 2. The first-order valence-corrected chi connectivity index (χ1v) is 6.68. The van der Waals surface area contributed by atoms with Gasteiger partial charge in [0.1, 0.15) is 0 Å². The van der Waals surface area contributed by atoms with Gasteiger partial charge in [0.05, 0.1) is 0 Å². The van der Waals surface area contributed by atoms with Gasteiger partial charge < -0.3 is 5.32 Å². The van der Waals surface area contributed by atoms with Crippen molar-refractivity contribution in [3.63, 3.8) is 0 Å². The Morgan fingerprint density at radius 1 is 1.22 bits per heavy atom. The zero-order valence-corrected chi connectivity index (χ0v) is 10.9. The Hall–Kier alpha value is -1.26. The molecular weight excluding hydrogens is 252 g/mol. The van der Waals surface area contributed by atoms with E-state index in [2.05, 4.69) is 18.3 Å². The van der Waals surface area contributed by atoms with Gasteiger partial charge in [-0.25, -0.2) is 8.78 Å². The number of rotatable bonds is 5. The van der Waals surface area contributed by atoms with Crippen LogP contribution in [0.25, 0.3) is 0 Å². The molecule has 0 amide bonds. The number of halogens is 2. The summed E-state index contributed by atoms with van der Waals surface area (Å²) in [6.45, 7) is 2.67. The molecule has 0 saturated heterocycles. The number of benzene rings is 1. The summed E-state index contributed by atoms with van der Waals surface area (Å²) in [5, 5.41) is 5.37. The van der Waals surface area contributed by atoms with E-state index < -0.39 is 6.43 Å². The molecule has 0 aliphatic carbocycles. The largest absolute Gasteiger partial charge is 0.305 e. The summed E-state index contributed by atoms with van der Waals surface area (Å²) in [6, 6.07) is 10.9. The van der Waals surface area contributed by atoms with Crippen LogP contribution in [0.2, 0.25) is 0 Å². The third-order valence-corrected chi connectivity index (χ3v) is 3.84. The molecule has 1 heterocycles. The zero-order valence-electron chi connectivity index (χ0n) is 10.1. The van der Waals surface area contributed by atoms with Gasteiger partial charge in [-0.1, -0.05) is 24.3 Å². The van der Waals surface area contributed by atoms with E-state index in [0.717, 1.165) is 5.56 Å². The molecule has 0 fully saturated rings. The Labute approximate surface area is 109 Å². The van der Waals surface area contributed by atoms with Crippen LogP contribution in [0.5, 0.6) is 0 Å². The van der Waals surface area contributed by atoms with E-state index in [1.807, 2.05) is 17.5 Å². The fourth-order valence-corrected chi connectivity index (χ4v) is 2.51. The van der Waals surface area contributed by atoms with Crippen molar-refractivity contribution in [1.29, 1.82) is 0 Å². The smallest absolute Gasteiger partial charge is 0.263 e. The predicted molar refractivity (Wildman–Crippen MR) is 71.0 cm³/mol. The molecule has 0 aliphatic heterocycles. The van der Waals surface area contributed by atoms with Crippen LogP contribution in [-0.2, 0) is 6.54 Å². The normalized spacial score (nSPS) is 12.9. The van der Waals surface area contributed by atoms with Crippen molar-refractivity contribution in [2.75, 3.05) is 0 Å². The highest BCUT2D eigenvalue weighted by Crippen LogP contribution is 2.21. The Morgan fingerprint density at radius 2 is 2.06 bits per heavy atom. The molecular formula is C14H15F2NS. The van der Waals surface area contributed by atoms with Crippen LogP contribution in [0.15, 0.2) is 41.8 Å². The molecule has 2 aromatic rings. The molecule has 96 valence electrons. The molecule has 0 aliphatic rings. The summed E-state index contributed by atoms with van der Waals surface area (Å²) in [7, 11) is 0. The zero-order chi connectivity index (χ0) is 13.0. The van der Waals surface area contributed by atoms with Crippen LogP contribution in [0.3, 0.4) is 0 Å². The first-order chi connectivity index (χ1) is 8.66. The number of hydrogen-bond donors (Lipinski definition) is 1. The molecule has 1 atom stereocenters. The third kappa shape index (κ3) is 3.37. The van der Waals surface area contributed by atoms with Crippen molar-refractivity contribution in [2.45, 2.75) is 25.9 Å². The van der Waals surface area contributed by atoms with Crippen LogP contribution >= 0.6 is 11.3 Å². The summed E-state index contributed by atoms with van der Waals surface area (Å²) in [5.74, 6) is 0. The minimum atomic E-state index is -2.40. The van der Waals surface area contributed by atoms with E-state index in [4.69, 9.17) is 0 Å². The summed E-state index contributed by atoms with van der Waals surface area (Å²) in [6.07, 6.45) is -2.40. The van der Waals surface area contributed by atoms with Gasteiger partial charge in [-0.05, 0) is 30.0 Å². The fraction of sp³-hybridized carbons (Fsp3) is 0.286. The monoisotopic (exact) mass is 267 g/mol. The minimum Gasteiger partial charge on any atom is -0.305 e. The van der Waals surface area contributed by atoms with Crippen molar-refractivity contribution in [3.05, 3.63) is 57.8 Å². The fourth-order valence-electron chi connectivity index (χ4n) is 1.75. The molecule has 4 heteroatoms. The van der Waals surface area contributed by atoms with E-state index in [1.54, 1.807) is 23.5 Å². The molecule has 1 aromatic heterocycles.